The minimum Gasteiger partial charge on any atom is -0.379 e. The monoisotopic (exact) mass is 676 g/mol. The molecule has 0 atom stereocenters. The summed E-state index contributed by atoms with van der Waals surface area (Å²) in [5.41, 5.74) is 4.35. The first-order valence-electron chi connectivity index (χ1n) is 16.5. The molecule has 48 heavy (non-hydrogen) atoms. The average Bonchev–Trinajstić information content (AvgIpc) is 3.51. The third-order valence-electron chi connectivity index (χ3n) is 8.85. The van der Waals surface area contributed by atoms with E-state index in [9.17, 15) is 22.8 Å². The standard InChI is InChI=1S/C19H29N3O3.C13H17N3O.C2HF3O/c1-3-24-14-15-25-13-12-21-10-8-16(9-11-21)22-18-7-5-4-6-17(18)20(2)19(22)23;1-15-11-4-2-3-5-12(11)16(13(15)17)10-6-8-14-9-7-10;3-2(4,5)1-6/h4-7,16H,3,8-15H2,1-2H3;2-5,10,14H,6-9H2,1H3;1H. The molecular formula is C34H47F3N6O5. The average molecular weight is 677 g/mol. The van der Waals surface area contributed by atoms with Crippen molar-refractivity contribution in [3.8, 4) is 0 Å². The molecule has 1 N–H and O–H groups in total. The van der Waals surface area contributed by atoms with Crippen LogP contribution in [0.2, 0.25) is 0 Å². The number of hydrogen-bond donors (Lipinski definition) is 1. The molecule has 2 aromatic carbocycles. The predicted octanol–water partition coefficient (Wildman–Crippen LogP) is 4.04. The van der Waals surface area contributed by atoms with Gasteiger partial charge in [0.15, 0.2) is 0 Å². The topological polar surface area (TPSA) is 105 Å². The largest absolute Gasteiger partial charge is 0.446 e. The molecule has 2 saturated heterocycles. The molecule has 0 radical (unpaired) electrons. The number of carbonyl (C=O) groups is 1. The van der Waals surface area contributed by atoms with Crippen LogP contribution in [0.15, 0.2) is 58.1 Å². The molecule has 2 aliphatic heterocycles. The van der Waals surface area contributed by atoms with Gasteiger partial charge in [-0.1, -0.05) is 24.3 Å². The normalized spacial score (nSPS) is 16.4. The van der Waals surface area contributed by atoms with Crippen molar-refractivity contribution in [3.05, 3.63) is 69.5 Å². The molecule has 4 heterocycles. The Hall–Kier alpha value is -3.72. The minimum absolute atomic E-state index is 0.0962. The Kier molecular flexibility index (Phi) is 13.6. The third kappa shape index (κ3) is 9.46. The van der Waals surface area contributed by atoms with E-state index in [0.717, 1.165) is 93.7 Å². The molecule has 11 nitrogen and oxygen atoms in total. The first-order chi connectivity index (χ1) is 23.1. The van der Waals surface area contributed by atoms with E-state index in [1.807, 2.05) is 72.6 Å². The highest BCUT2D eigenvalue weighted by Crippen LogP contribution is 2.25. The van der Waals surface area contributed by atoms with Gasteiger partial charge in [0.05, 0.1) is 41.9 Å². The van der Waals surface area contributed by atoms with Gasteiger partial charge in [-0.05, 0) is 70.0 Å². The molecule has 0 bridgehead atoms. The highest BCUT2D eigenvalue weighted by Gasteiger charge is 2.25. The van der Waals surface area contributed by atoms with Crippen molar-refractivity contribution in [2.75, 3.05) is 59.2 Å². The quantitative estimate of drug-likeness (QED) is 0.211. The highest BCUT2D eigenvalue weighted by atomic mass is 19.4. The number of rotatable bonds is 9. The van der Waals surface area contributed by atoms with Crippen LogP contribution in [0.3, 0.4) is 0 Å². The van der Waals surface area contributed by atoms with Crippen molar-refractivity contribution in [1.29, 1.82) is 0 Å². The van der Waals surface area contributed by atoms with Gasteiger partial charge in [0.25, 0.3) is 0 Å². The second kappa shape index (κ2) is 17.6. The highest BCUT2D eigenvalue weighted by molar-refractivity contribution is 5.76. The summed E-state index contributed by atoms with van der Waals surface area (Å²) in [7, 11) is 3.71. The van der Waals surface area contributed by atoms with Gasteiger partial charge in [0, 0.05) is 52.4 Å². The fourth-order valence-corrected chi connectivity index (χ4v) is 6.37. The Bertz CT molecular complexity index is 1710. The van der Waals surface area contributed by atoms with Gasteiger partial charge < -0.3 is 19.7 Å². The zero-order chi connectivity index (χ0) is 34.7. The van der Waals surface area contributed by atoms with E-state index in [2.05, 4.69) is 16.3 Å². The summed E-state index contributed by atoms with van der Waals surface area (Å²) in [5.74, 6) is 0. The van der Waals surface area contributed by atoms with Gasteiger partial charge in [-0.2, -0.15) is 13.2 Å². The Morgan fingerprint density at radius 1 is 0.750 bits per heavy atom. The number of likely N-dealkylation sites (tertiary alicyclic amines) is 1. The number of halogens is 3. The molecule has 0 spiro atoms. The van der Waals surface area contributed by atoms with Crippen molar-refractivity contribution in [2.45, 2.75) is 50.9 Å². The minimum atomic E-state index is -4.64. The van der Waals surface area contributed by atoms with Gasteiger partial charge in [0.2, 0.25) is 6.29 Å². The Morgan fingerprint density at radius 2 is 1.19 bits per heavy atom. The summed E-state index contributed by atoms with van der Waals surface area (Å²) in [6.45, 7) is 9.77. The fourth-order valence-electron chi connectivity index (χ4n) is 6.37. The number of aryl methyl sites for hydroxylation is 2. The summed E-state index contributed by atoms with van der Waals surface area (Å²) in [4.78, 5) is 36.1. The first kappa shape index (κ1) is 37.1. The molecule has 0 aliphatic carbocycles. The number of nitrogens with zero attached hydrogens (tertiary/aromatic N) is 5. The van der Waals surface area contributed by atoms with E-state index in [0.29, 0.717) is 19.3 Å². The lowest BCUT2D eigenvalue weighted by atomic mass is 10.0. The van der Waals surface area contributed by atoms with Crippen molar-refractivity contribution in [2.24, 2.45) is 14.1 Å². The van der Waals surface area contributed by atoms with Crippen LogP contribution in [0, 0.1) is 0 Å². The number of aromatic nitrogens is 4. The lowest BCUT2D eigenvalue weighted by Gasteiger charge is -2.32. The maximum absolute atomic E-state index is 12.6. The smallest absolute Gasteiger partial charge is 0.379 e. The lowest BCUT2D eigenvalue weighted by Crippen LogP contribution is -2.39. The van der Waals surface area contributed by atoms with Crippen LogP contribution < -0.4 is 16.7 Å². The molecule has 4 aromatic rings. The molecule has 14 heteroatoms. The number of imidazole rings is 2. The Balaban J connectivity index is 0.000000194. The number of nitrogens with one attached hydrogen (secondary N) is 1. The van der Waals surface area contributed by atoms with Crippen LogP contribution >= 0.6 is 0 Å². The first-order valence-corrected chi connectivity index (χ1v) is 16.5. The molecule has 2 aromatic heterocycles. The van der Waals surface area contributed by atoms with Gasteiger partial charge in [-0.15, -0.1) is 0 Å². The summed E-state index contributed by atoms with van der Waals surface area (Å²) in [6, 6.07) is 16.7. The zero-order valence-corrected chi connectivity index (χ0v) is 28.0. The second-order valence-electron chi connectivity index (χ2n) is 11.9. The maximum Gasteiger partial charge on any atom is 0.446 e. The van der Waals surface area contributed by atoms with E-state index in [1.54, 1.807) is 9.13 Å². The van der Waals surface area contributed by atoms with Crippen LogP contribution in [-0.2, 0) is 28.4 Å². The molecule has 2 aliphatic rings. The number of aldehydes is 1. The number of carbonyl (C=O) groups excluding carboxylic acids is 1. The second-order valence-corrected chi connectivity index (χ2v) is 11.9. The van der Waals surface area contributed by atoms with E-state index in [4.69, 9.17) is 14.3 Å². The molecule has 0 amide bonds. The van der Waals surface area contributed by atoms with Crippen molar-refractivity contribution in [1.82, 2.24) is 28.5 Å². The zero-order valence-electron chi connectivity index (χ0n) is 28.0. The third-order valence-corrected chi connectivity index (χ3v) is 8.85. The van der Waals surface area contributed by atoms with Crippen LogP contribution in [0.1, 0.15) is 44.7 Å². The lowest BCUT2D eigenvalue weighted by molar-refractivity contribution is -0.156. The van der Waals surface area contributed by atoms with Crippen LogP contribution in [0.5, 0.6) is 0 Å². The Morgan fingerprint density at radius 3 is 1.65 bits per heavy atom. The molecule has 6 rings (SSSR count). The number of alkyl halides is 3. The summed E-state index contributed by atoms with van der Waals surface area (Å²) in [6.07, 6.45) is -1.62. The van der Waals surface area contributed by atoms with Crippen molar-refractivity contribution < 1.29 is 27.4 Å². The van der Waals surface area contributed by atoms with Gasteiger partial charge >= 0.3 is 17.6 Å². The van der Waals surface area contributed by atoms with Gasteiger partial charge in [0.1, 0.15) is 0 Å². The van der Waals surface area contributed by atoms with Crippen molar-refractivity contribution in [3.63, 3.8) is 0 Å². The molecular weight excluding hydrogens is 629 g/mol. The molecule has 0 saturated carbocycles. The SMILES string of the molecule is CCOCCOCCN1CCC(n2c(=O)n(C)c3ccccc32)CC1.Cn1c(=O)n(C2CCNCC2)c2ccccc21.O=CC(F)(F)F. The number of piperidine rings is 2. The van der Waals surface area contributed by atoms with Crippen LogP contribution in [0.25, 0.3) is 22.1 Å². The van der Waals surface area contributed by atoms with E-state index < -0.39 is 12.5 Å². The maximum atomic E-state index is 12.6. The fraction of sp³-hybridized carbons (Fsp3) is 0.559. The van der Waals surface area contributed by atoms with Crippen molar-refractivity contribution >= 4 is 28.4 Å². The van der Waals surface area contributed by atoms with Crippen LogP contribution in [0.4, 0.5) is 13.2 Å². The molecule has 0 unspecified atom stereocenters. The number of para-hydroxylation sites is 4. The van der Waals surface area contributed by atoms with E-state index in [1.165, 1.54) is 0 Å². The van der Waals surface area contributed by atoms with Crippen LogP contribution in [-0.4, -0.2) is 94.8 Å². The predicted molar refractivity (Wildman–Crippen MR) is 180 cm³/mol. The number of fused-ring (bicyclic) bond motifs is 2. The molecule has 264 valence electrons. The van der Waals surface area contributed by atoms with E-state index in [-0.39, 0.29) is 17.4 Å². The summed E-state index contributed by atoms with van der Waals surface area (Å²) >= 11 is 0. The number of hydrogen-bond acceptors (Lipinski definition) is 7. The molecule has 2 fully saturated rings. The van der Waals surface area contributed by atoms with Gasteiger partial charge in [-0.3, -0.25) is 23.1 Å². The summed E-state index contributed by atoms with van der Waals surface area (Å²) < 4.78 is 49.6. The van der Waals surface area contributed by atoms with E-state index >= 15 is 0 Å². The summed E-state index contributed by atoms with van der Waals surface area (Å²) in [5, 5.41) is 3.34. The number of benzene rings is 2. The number of ether oxygens (including phenoxy) is 2. The Labute approximate surface area is 277 Å². The van der Waals surface area contributed by atoms with Gasteiger partial charge in [-0.25, -0.2) is 9.59 Å².